The molecule has 0 bridgehead atoms. The van der Waals surface area contributed by atoms with Gasteiger partial charge in [-0.15, -0.1) is 0 Å². The van der Waals surface area contributed by atoms with Gasteiger partial charge in [-0.25, -0.2) is 0 Å². The van der Waals surface area contributed by atoms with Crippen LogP contribution in [0.1, 0.15) is 19.3 Å². The lowest BCUT2D eigenvalue weighted by Gasteiger charge is -2.10. The molecule has 0 aromatic heterocycles. The van der Waals surface area contributed by atoms with Gasteiger partial charge in [0.15, 0.2) is 0 Å². The van der Waals surface area contributed by atoms with E-state index in [9.17, 15) is 0 Å². The zero-order valence-corrected chi connectivity index (χ0v) is 14.2. The summed E-state index contributed by atoms with van der Waals surface area (Å²) < 4.78 is 11.3. The molecule has 0 atom stereocenters. The lowest BCUT2D eigenvalue weighted by molar-refractivity contribution is 0.279. The molecule has 0 radical (unpaired) electrons. The van der Waals surface area contributed by atoms with Crippen LogP contribution >= 0.6 is 23.2 Å². The molecule has 6 heteroatoms. The first kappa shape index (κ1) is 17.6. The van der Waals surface area contributed by atoms with Crippen molar-refractivity contribution in [2.45, 2.75) is 19.3 Å². The van der Waals surface area contributed by atoms with Gasteiger partial charge in [0.05, 0.1) is 23.3 Å². The van der Waals surface area contributed by atoms with E-state index in [1.54, 1.807) is 36.4 Å². The third-order valence-corrected chi connectivity index (χ3v) is 3.81. The number of ether oxygens (including phenoxy) is 2. The minimum absolute atomic E-state index is 0.534. The highest BCUT2D eigenvalue weighted by atomic mass is 35.5. The zero-order valence-electron chi connectivity index (χ0n) is 12.7. The molecule has 0 saturated heterocycles. The Kier molecular flexibility index (Phi) is 6.68. The number of unbranched alkanes of at least 4 members (excludes halogenated alkanes) is 2. The van der Waals surface area contributed by atoms with Crippen LogP contribution < -0.4 is 20.9 Å². The smallest absolute Gasteiger partial charge is 0.138 e. The second-order valence-corrected chi connectivity index (χ2v) is 5.95. The highest BCUT2D eigenvalue weighted by Gasteiger charge is 2.03. The van der Waals surface area contributed by atoms with E-state index in [0.29, 0.717) is 46.1 Å². The number of nitrogens with two attached hydrogens (primary N) is 2. The molecule has 23 heavy (non-hydrogen) atoms. The van der Waals surface area contributed by atoms with E-state index >= 15 is 0 Å². The van der Waals surface area contributed by atoms with E-state index in [4.69, 9.17) is 44.1 Å². The molecule has 0 saturated carbocycles. The monoisotopic (exact) mass is 354 g/mol. The maximum Gasteiger partial charge on any atom is 0.138 e. The van der Waals surface area contributed by atoms with Gasteiger partial charge in [-0.3, -0.25) is 0 Å². The molecule has 0 spiro atoms. The van der Waals surface area contributed by atoms with Crippen molar-refractivity contribution in [1.82, 2.24) is 0 Å². The minimum atomic E-state index is 0.534. The molecule has 0 fully saturated rings. The maximum absolute atomic E-state index is 6.04. The van der Waals surface area contributed by atoms with Crippen LogP contribution in [0.25, 0.3) is 0 Å². The average molecular weight is 355 g/mol. The van der Waals surface area contributed by atoms with Crippen LogP contribution in [0.5, 0.6) is 11.5 Å². The second kappa shape index (κ2) is 8.75. The topological polar surface area (TPSA) is 70.5 Å². The Bertz CT molecular complexity index is 595. The average Bonchev–Trinajstić information content (AvgIpc) is 2.50. The number of benzene rings is 2. The Balaban J connectivity index is 1.61. The van der Waals surface area contributed by atoms with Gasteiger partial charge in [0.25, 0.3) is 0 Å². The molecule has 0 unspecified atom stereocenters. The van der Waals surface area contributed by atoms with Crippen molar-refractivity contribution in [2.24, 2.45) is 0 Å². The van der Waals surface area contributed by atoms with Gasteiger partial charge in [-0.1, -0.05) is 23.2 Å². The van der Waals surface area contributed by atoms with Crippen molar-refractivity contribution in [2.75, 3.05) is 24.7 Å². The van der Waals surface area contributed by atoms with Gasteiger partial charge in [0, 0.05) is 11.4 Å². The number of nitrogen functional groups attached to an aromatic ring is 2. The van der Waals surface area contributed by atoms with E-state index in [1.165, 1.54) is 0 Å². The number of hydrogen-bond acceptors (Lipinski definition) is 4. The van der Waals surface area contributed by atoms with Crippen LogP contribution in [0.4, 0.5) is 11.4 Å². The summed E-state index contributed by atoms with van der Waals surface area (Å²) in [6.07, 6.45) is 2.82. The standard InChI is InChI=1S/C17H20Cl2N2O2/c18-14-10-12(20)4-6-16(14)22-8-2-1-3-9-23-17-7-5-13(21)11-15(17)19/h4-7,10-11H,1-3,8-9,20-21H2. The first-order chi connectivity index (χ1) is 11.1. The van der Waals surface area contributed by atoms with E-state index in [0.717, 1.165) is 19.3 Å². The molecule has 0 amide bonds. The highest BCUT2D eigenvalue weighted by Crippen LogP contribution is 2.27. The van der Waals surface area contributed by atoms with Gasteiger partial charge in [0.1, 0.15) is 11.5 Å². The molecule has 4 N–H and O–H groups in total. The Morgan fingerprint density at radius 2 is 1.13 bits per heavy atom. The summed E-state index contributed by atoms with van der Waals surface area (Å²) in [6.45, 7) is 1.21. The summed E-state index contributed by atoms with van der Waals surface area (Å²) >= 11 is 12.1. The van der Waals surface area contributed by atoms with Gasteiger partial charge in [0.2, 0.25) is 0 Å². The Morgan fingerprint density at radius 1 is 0.696 bits per heavy atom. The van der Waals surface area contributed by atoms with Gasteiger partial charge in [-0.05, 0) is 55.7 Å². The van der Waals surface area contributed by atoms with Crippen LogP contribution in [0.3, 0.4) is 0 Å². The summed E-state index contributed by atoms with van der Waals surface area (Å²) in [5, 5.41) is 1.07. The predicted octanol–water partition coefficient (Wildman–Crippen LogP) is 4.79. The number of rotatable bonds is 8. The van der Waals surface area contributed by atoms with E-state index in [1.807, 2.05) is 0 Å². The first-order valence-electron chi connectivity index (χ1n) is 7.42. The molecule has 124 valence electrons. The molecule has 4 nitrogen and oxygen atoms in total. The maximum atomic E-state index is 6.04. The predicted molar refractivity (Wildman–Crippen MR) is 96.6 cm³/mol. The summed E-state index contributed by atoms with van der Waals surface area (Å²) in [4.78, 5) is 0. The Morgan fingerprint density at radius 3 is 1.52 bits per heavy atom. The van der Waals surface area contributed by atoms with Crippen LogP contribution in [0.2, 0.25) is 10.0 Å². The Hall–Kier alpha value is -1.78. The molecule has 2 aromatic rings. The van der Waals surface area contributed by atoms with Gasteiger partial charge < -0.3 is 20.9 Å². The molecule has 0 heterocycles. The van der Waals surface area contributed by atoms with Crippen molar-refractivity contribution in [3.05, 3.63) is 46.4 Å². The molecule has 0 aliphatic rings. The van der Waals surface area contributed by atoms with Gasteiger partial charge in [-0.2, -0.15) is 0 Å². The molecule has 0 aliphatic heterocycles. The fourth-order valence-corrected chi connectivity index (χ4v) is 2.50. The molecular formula is C17H20Cl2N2O2. The summed E-state index contributed by atoms with van der Waals surface area (Å²) in [7, 11) is 0. The number of anilines is 2. The van der Waals surface area contributed by atoms with E-state index in [2.05, 4.69) is 0 Å². The summed E-state index contributed by atoms with van der Waals surface area (Å²) in [6, 6.07) is 10.5. The van der Waals surface area contributed by atoms with Crippen LogP contribution in [-0.4, -0.2) is 13.2 Å². The van der Waals surface area contributed by atoms with Crippen molar-refractivity contribution in [3.63, 3.8) is 0 Å². The SMILES string of the molecule is Nc1ccc(OCCCCCOc2ccc(N)cc2Cl)c(Cl)c1. The zero-order chi connectivity index (χ0) is 16.7. The molecule has 2 aromatic carbocycles. The van der Waals surface area contributed by atoms with Crippen molar-refractivity contribution < 1.29 is 9.47 Å². The summed E-state index contributed by atoms with van der Waals surface area (Å²) in [5.41, 5.74) is 12.5. The third-order valence-electron chi connectivity index (χ3n) is 3.22. The van der Waals surface area contributed by atoms with Crippen LogP contribution in [0, 0.1) is 0 Å². The largest absolute Gasteiger partial charge is 0.492 e. The van der Waals surface area contributed by atoms with Crippen molar-refractivity contribution >= 4 is 34.6 Å². The first-order valence-corrected chi connectivity index (χ1v) is 8.17. The van der Waals surface area contributed by atoms with Crippen molar-refractivity contribution in [1.29, 1.82) is 0 Å². The third kappa shape index (κ3) is 5.73. The second-order valence-electron chi connectivity index (χ2n) is 5.14. The van der Waals surface area contributed by atoms with E-state index < -0.39 is 0 Å². The van der Waals surface area contributed by atoms with Crippen molar-refractivity contribution in [3.8, 4) is 11.5 Å². The van der Waals surface area contributed by atoms with Crippen LogP contribution in [-0.2, 0) is 0 Å². The highest BCUT2D eigenvalue weighted by molar-refractivity contribution is 6.32. The molecule has 0 aliphatic carbocycles. The Labute approximate surface area is 146 Å². The fourth-order valence-electron chi connectivity index (χ4n) is 2.01. The quantitative estimate of drug-likeness (QED) is 0.528. The molecular weight excluding hydrogens is 335 g/mol. The van der Waals surface area contributed by atoms with Gasteiger partial charge >= 0.3 is 0 Å². The fraction of sp³-hybridized carbons (Fsp3) is 0.294. The minimum Gasteiger partial charge on any atom is -0.492 e. The normalized spacial score (nSPS) is 10.5. The number of hydrogen-bond donors (Lipinski definition) is 2. The van der Waals surface area contributed by atoms with E-state index in [-0.39, 0.29) is 0 Å². The molecule has 2 rings (SSSR count). The number of halogens is 2. The summed E-state index contributed by atoms with van der Waals surface area (Å²) in [5.74, 6) is 1.32. The lowest BCUT2D eigenvalue weighted by atomic mass is 10.2. The lowest BCUT2D eigenvalue weighted by Crippen LogP contribution is -2.02. The van der Waals surface area contributed by atoms with Crippen LogP contribution in [0.15, 0.2) is 36.4 Å².